The number of nitrogens with two attached hydrogens (primary N) is 1. The molecule has 0 bridgehead atoms. The number of carbonyl (C=O) groups is 2. The average molecular weight is 818 g/mol. The first-order valence-corrected chi connectivity index (χ1v) is 23.6. The Kier molecular flexibility index (Phi) is 40.7. The molecule has 9 nitrogen and oxygen atoms in total. The molecule has 0 heterocycles. The van der Waals surface area contributed by atoms with Gasteiger partial charge in [0.05, 0.1) is 13.2 Å². The second-order valence-corrected chi connectivity index (χ2v) is 15.6. The third-order valence-corrected chi connectivity index (χ3v) is 9.76. The second-order valence-electron chi connectivity index (χ2n) is 14.2. The third-order valence-electron chi connectivity index (χ3n) is 8.78. The van der Waals surface area contributed by atoms with Crippen molar-refractivity contribution in [1.29, 1.82) is 0 Å². The molecule has 326 valence electrons. The van der Waals surface area contributed by atoms with Crippen LogP contribution in [0.25, 0.3) is 0 Å². The van der Waals surface area contributed by atoms with Gasteiger partial charge >= 0.3 is 19.8 Å². The summed E-state index contributed by atoms with van der Waals surface area (Å²) in [5.41, 5.74) is 5.34. The molecule has 3 N–H and O–H groups in total. The minimum Gasteiger partial charge on any atom is -0.462 e. The smallest absolute Gasteiger partial charge is 0.462 e. The van der Waals surface area contributed by atoms with Crippen LogP contribution in [0, 0.1) is 0 Å². The van der Waals surface area contributed by atoms with Crippen molar-refractivity contribution in [3.05, 3.63) is 85.1 Å². The minimum atomic E-state index is -4.40. The van der Waals surface area contributed by atoms with E-state index in [-0.39, 0.29) is 32.6 Å². The number of unbranched alkanes of at least 4 members (excludes halogenated alkanes) is 13. The predicted octanol–water partition coefficient (Wildman–Crippen LogP) is 12.8. The van der Waals surface area contributed by atoms with E-state index < -0.39 is 32.5 Å². The summed E-state index contributed by atoms with van der Waals surface area (Å²) in [6.45, 7) is 3.51. The molecule has 0 aliphatic heterocycles. The maximum atomic E-state index is 12.6. The van der Waals surface area contributed by atoms with E-state index in [1.54, 1.807) is 0 Å². The molecule has 0 aliphatic rings. The van der Waals surface area contributed by atoms with E-state index in [9.17, 15) is 19.0 Å². The van der Waals surface area contributed by atoms with Gasteiger partial charge in [-0.3, -0.25) is 18.6 Å². The van der Waals surface area contributed by atoms with Gasteiger partial charge in [0, 0.05) is 19.4 Å². The zero-order chi connectivity index (χ0) is 41.8. The largest absolute Gasteiger partial charge is 0.472 e. The lowest BCUT2D eigenvalue weighted by Gasteiger charge is -2.19. The number of esters is 2. The summed E-state index contributed by atoms with van der Waals surface area (Å²) in [6, 6.07) is 0. The fourth-order valence-electron chi connectivity index (χ4n) is 5.54. The van der Waals surface area contributed by atoms with Crippen molar-refractivity contribution in [3.63, 3.8) is 0 Å². The Morgan fingerprint density at radius 1 is 0.544 bits per heavy atom. The van der Waals surface area contributed by atoms with Crippen LogP contribution < -0.4 is 5.73 Å². The van der Waals surface area contributed by atoms with Gasteiger partial charge in [-0.2, -0.15) is 0 Å². The number of phosphoric ester groups is 1. The number of rotatable bonds is 40. The Labute approximate surface area is 347 Å². The summed E-state index contributed by atoms with van der Waals surface area (Å²) < 4.78 is 32.7. The second kappa shape index (κ2) is 42.8. The fourth-order valence-corrected chi connectivity index (χ4v) is 6.30. The molecule has 0 aromatic heterocycles. The lowest BCUT2D eigenvalue weighted by Crippen LogP contribution is -2.29. The van der Waals surface area contributed by atoms with Crippen LogP contribution in [0.1, 0.15) is 168 Å². The van der Waals surface area contributed by atoms with Crippen LogP contribution >= 0.6 is 7.82 Å². The van der Waals surface area contributed by atoms with Crippen LogP contribution in [0.2, 0.25) is 0 Å². The highest BCUT2D eigenvalue weighted by molar-refractivity contribution is 7.47. The molecule has 1 unspecified atom stereocenters. The zero-order valence-electron chi connectivity index (χ0n) is 35.8. The maximum Gasteiger partial charge on any atom is 0.472 e. The fraction of sp³-hybridized carbons (Fsp3) is 0.660. The molecule has 0 aromatic rings. The monoisotopic (exact) mass is 818 g/mol. The Morgan fingerprint density at radius 2 is 1.00 bits per heavy atom. The van der Waals surface area contributed by atoms with Crippen molar-refractivity contribution in [2.24, 2.45) is 5.73 Å². The number of hydrogen-bond donors (Lipinski definition) is 2. The van der Waals surface area contributed by atoms with Gasteiger partial charge in [-0.15, -0.1) is 0 Å². The molecule has 0 saturated heterocycles. The molecule has 0 spiro atoms. The van der Waals surface area contributed by atoms with Crippen LogP contribution in [0.3, 0.4) is 0 Å². The molecule has 0 fully saturated rings. The predicted molar refractivity (Wildman–Crippen MR) is 238 cm³/mol. The summed E-state index contributed by atoms with van der Waals surface area (Å²) in [5.74, 6) is -0.938. The Morgan fingerprint density at radius 3 is 1.51 bits per heavy atom. The third kappa shape index (κ3) is 42.6. The lowest BCUT2D eigenvalue weighted by molar-refractivity contribution is -0.161. The summed E-state index contributed by atoms with van der Waals surface area (Å²) in [6.07, 6.45) is 53.4. The van der Waals surface area contributed by atoms with Crippen molar-refractivity contribution < 1.29 is 37.6 Å². The van der Waals surface area contributed by atoms with Gasteiger partial charge in [0.25, 0.3) is 0 Å². The molecule has 0 radical (unpaired) electrons. The molecule has 0 rings (SSSR count). The average Bonchev–Trinajstić information content (AvgIpc) is 3.20. The number of hydrogen-bond acceptors (Lipinski definition) is 8. The molecule has 0 aromatic carbocycles. The Hall–Kier alpha value is -2.81. The topological polar surface area (TPSA) is 134 Å². The number of ether oxygens (including phenoxy) is 2. The molecule has 0 saturated carbocycles. The molecular weight excluding hydrogens is 737 g/mol. The number of allylic oxidation sites excluding steroid dienone is 14. The quantitative estimate of drug-likeness (QED) is 0.0268. The van der Waals surface area contributed by atoms with Crippen molar-refractivity contribution in [3.8, 4) is 0 Å². The van der Waals surface area contributed by atoms with Crippen molar-refractivity contribution in [2.45, 2.75) is 174 Å². The number of phosphoric acid groups is 1. The summed E-state index contributed by atoms with van der Waals surface area (Å²) in [4.78, 5) is 34.9. The first kappa shape index (κ1) is 54.2. The van der Waals surface area contributed by atoms with Crippen molar-refractivity contribution in [1.82, 2.24) is 0 Å². The van der Waals surface area contributed by atoms with E-state index in [4.69, 9.17) is 24.3 Å². The van der Waals surface area contributed by atoms with E-state index in [0.29, 0.717) is 12.8 Å². The molecule has 0 aliphatic carbocycles. The summed E-state index contributed by atoms with van der Waals surface area (Å²) in [7, 11) is -4.40. The van der Waals surface area contributed by atoms with Crippen LogP contribution in [0.15, 0.2) is 85.1 Å². The van der Waals surface area contributed by atoms with E-state index in [0.717, 1.165) is 64.2 Å². The number of carbonyl (C=O) groups excluding carboxylic acids is 2. The highest BCUT2D eigenvalue weighted by atomic mass is 31.2. The SMILES string of the molecule is CC/C=C\C/C=C\C/C=C\C/C=C\C/C=C\C/C=C\CCC(=O)O[C@H](COC(=O)CCCCCCCCC/C=C\CCCCCCCC)COP(=O)(O)OCCN. The highest BCUT2D eigenvalue weighted by Crippen LogP contribution is 2.43. The zero-order valence-corrected chi connectivity index (χ0v) is 36.7. The first-order chi connectivity index (χ1) is 27.8. The molecule has 57 heavy (non-hydrogen) atoms. The minimum absolute atomic E-state index is 0.0372. The van der Waals surface area contributed by atoms with Gasteiger partial charge in [-0.25, -0.2) is 4.57 Å². The van der Waals surface area contributed by atoms with Crippen molar-refractivity contribution >= 4 is 19.8 Å². The highest BCUT2D eigenvalue weighted by Gasteiger charge is 2.25. The van der Waals surface area contributed by atoms with Crippen LogP contribution in [-0.4, -0.2) is 49.3 Å². The van der Waals surface area contributed by atoms with E-state index in [2.05, 4.69) is 86.8 Å². The molecular formula is C47H80NO8P. The maximum absolute atomic E-state index is 12.6. The molecule has 2 atom stereocenters. The van der Waals surface area contributed by atoms with Gasteiger partial charge in [0.2, 0.25) is 0 Å². The first-order valence-electron chi connectivity index (χ1n) is 22.1. The van der Waals surface area contributed by atoms with Crippen LogP contribution in [0.5, 0.6) is 0 Å². The van der Waals surface area contributed by atoms with Crippen LogP contribution in [-0.2, 0) is 32.7 Å². The van der Waals surface area contributed by atoms with Gasteiger partial charge < -0.3 is 20.1 Å². The van der Waals surface area contributed by atoms with E-state index >= 15 is 0 Å². The van der Waals surface area contributed by atoms with Crippen molar-refractivity contribution in [2.75, 3.05) is 26.4 Å². The van der Waals surface area contributed by atoms with Gasteiger partial charge in [-0.1, -0.05) is 163 Å². The molecule has 10 heteroatoms. The van der Waals surface area contributed by atoms with E-state index in [1.165, 1.54) is 64.2 Å². The summed E-state index contributed by atoms with van der Waals surface area (Å²) in [5, 5.41) is 0. The molecule has 0 amide bonds. The Balaban J connectivity index is 4.29. The normalized spacial score (nSPS) is 14.1. The van der Waals surface area contributed by atoms with Gasteiger partial charge in [0.1, 0.15) is 6.61 Å². The van der Waals surface area contributed by atoms with Gasteiger partial charge in [-0.05, 0) is 77.0 Å². The summed E-state index contributed by atoms with van der Waals surface area (Å²) >= 11 is 0. The van der Waals surface area contributed by atoms with E-state index in [1.807, 2.05) is 12.2 Å². The standard InChI is InChI=1S/C47H80NO8P/c1-3-5-7-9-11-13-15-17-19-21-22-24-26-28-30-32-34-36-38-40-47(50)56-45(44-55-57(51,52)54-42-41-48)43-53-46(49)39-37-35-33-31-29-27-25-23-20-18-16-14-12-10-8-6-4-2/h5,7,11,13,17-20,22,24,28,30,34,36,45H,3-4,6,8-10,12,14-16,21,23,25-27,29,31-33,35,37-44,48H2,1-2H3,(H,51,52)/b7-5-,13-11-,19-17-,20-18-,24-22-,30-28-,36-34-/t45-/m1/s1. The lowest BCUT2D eigenvalue weighted by atomic mass is 10.1. The Bertz CT molecular complexity index is 1210. The van der Waals surface area contributed by atoms with Crippen LogP contribution in [0.4, 0.5) is 0 Å². The van der Waals surface area contributed by atoms with Gasteiger partial charge in [0.15, 0.2) is 6.10 Å².